The van der Waals surface area contributed by atoms with Gasteiger partial charge in [-0.15, -0.1) is 0 Å². The van der Waals surface area contributed by atoms with Crippen molar-refractivity contribution in [3.05, 3.63) is 41.8 Å². The van der Waals surface area contributed by atoms with Crippen molar-refractivity contribution < 1.29 is 13.9 Å². The van der Waals surface area contributed by atoms with Crippen LogP contribution in [0.3, 0.4) is 0 Å². The lowest BCUT2D eigenvalue weighted by Gasteiger charge is -2.48. The predicted molar refractivity (Wildman–Crippen MR) is 118 cm³/mol. The van der Waals surface area contributed by atoms with Crippen LogP contribution < -0.4 is 0 Å². The SMILES string of the molecule is CC(C)C(c1ccc2cc(F)ccc2n1)N1C[C@H](C)N(C(=O)OC(C)(C)C)C[C@H]1C. The van der Waals surface area contributed by atoms with Gasteiger partial charge in [-0.1, -0.05) is 19.9 Å². The molecule has 0 spiro atoms. The zero-order chi connectivity index (χ0) is 22.2. The van der Waals surface area contributed by atoms with E-state index in [2.05, 4.69) is 32.6 Å². The van der Waals surface area contributed by atoms with Crippen molar-refractivity contribution in [1.29, 1.82) is 0 Å². The lowest BCUT2D eigenvalue weighted by atomic mass is 9.94. The molecule has 3 rings (SSSR count). The minimum Gasteiger partial charge on any atom is -0.444 e. The Morgan fingerprint density at radius 2 is 1.83 bits per heavy atom. The van der Waals surface area contributed by atoms with Gasteiger partial charge in [0, 0.05) is 30.6 Å². The second-order valence-electron chi connectivity index (χ2n) is 9.79. The lowest BCUT2D eigenvalue weighted by Crippen LogP contribution is -2.59. The number of rotatable bonds is 3. The number of benzene rings is 1. The summed E-state index contributed by atoms with van der Waals surface area (Å²) >= 11 is 0. The van der Waals surface area contributed by atoms with E-state index in [4.69, 9.17) is 9.72 Å². The summed E-state index contributed by atoms with van der Waals surface area (Å²) in [6, 6.07) is 8.95. The van der Waals surface area contributed by atoms with Crippen LogP contribution >= 0.6 is 0 Å². The molecule has 3 atom stereocenters. The Morgan fingerprint density at radius 1 is 1.13 bits per heavy atom. The summed E-state index contributed by atoms with van der Waals surface area (Å²) in [5.74, 6) is 0.0799. The fraction of sp³-hybridized carbons (Fsp3) is 0.583. The Labute approximate surface area is 179 Å². The van der Waals surface area contributed by atoms with Gasteiger partial charge in [0.25, 0.3) is 0 Å². The highest BCUT2D eigenvalue weighted by atomic mass is 19.1. The highest BCUT2D eigenvalue weighted by Crippen LogP contribution is 2.33. The van der Waals surface area contributed by atoms with Crippen molar-refractivity contribution in [1.82, 2.24) is 14.8 Å². The molecule has 1 aliphatic rings. The fourth-order valence-electron chi connectivity index (χ4n) is 4.29. The minimum atomic E-state index is -0.508. The van der Waals surface area contributed by atoms with E-state index in [-0.39, 0.29) is 30.0 Å². The van der Waals surface area contributed by atoms with Crippen LogP contribution in [0.15, 0.2) is 30.3 Å². The van der Waals surface area contributed by atoms with Gasteiger partial charge >= 0.3 is 6.09 Å². The van der Waals surface area contributed by atoms with E-state index < -0.39 is 5.60 Å². The average molecular weight is 416 g/mol. The fourth-order valence-corrected chi connectivity index (χ4v) is 4.29. The second-order valence-corrected chi connectivity index (χ2v) is 9.79. The summed E-state index contributed by atoms with van der Waals surface area (Å²) < 4.78 is 19.1. The van der Waals surface area contributed by atoms with Crippen molar-refractivity contribution >= 4 is 17.0 Å². The van der Waals surface area contributed by atoms with Crippen LogP contribution in [-0.4, -0.2) is 51.7 Å². The molecule has 30 heavy (non-hydrogen) atoms. The first-order valence-corrected chi connectivity index (χ1v) is 10.8. The standard InChI is InChI=1S/C24H34FN3O2/c1-15(2)22(21-10-8-18-12-19(25)9-11-20(18)26-21)27-13-17(4)28(14-16(27)3)23(29)30-24(5,6)7/h8-12,15-17,22H,13-14H2,1-7H3/t16-,17+,22?/m1/s1. The number of aromatic nitrogens is 1. The van der Waals surface area contributed by atoms with Crippen LogP contribution in [0, 0.1) is 11.7 Å². The number of halogens is 1. The van der Waals surface area contributed by atoms with Crippen molar-refractivity contribution in [2.24, 2.45) is 5.92 Å². The zero-order valence-electron chi connectivity index (χ0n) is 19.1. The van der Waals surface area contributed by atoms with Crippen LogP contribution in [0.25, 0.3) is 10.9 Å². The maximum Gasteiger partial charge on any atom is 0.410 e. The number of hydrogen-bond donors (Lipinski definition) is 0. The molecule has 1 saturated heterocycles. The largest absolute Gasteiger partial charge is 0.444 e. The Bertz CT molecular complexity index is 909. The molecule has 1 unspecified atom stereocenters. The van der Waals surface area contributed by atoms with Crippen molar-refractivity contribution in [2.45, 2.75) is 72.2 Å². The van der Waals surface area contributed by atoms with Crippen molar-refractivity contribution in [2.75, 3.05) is 13.1 Å². The van der Waals surface area contributed by atoms with Gasteiger partial charge in [0.05, 0.1) is 17.3 Å². The van der Waals surface area contributed by atoms with Gasteiger partial charge in [-0.25, -0.2) is 9.18 Å². The molecule has 5 nitrogen and oxygen atoms in total. The number of carbonyl (C=O) groups excluding carboxylic acids is 1. The Morgan fingerprint density at radius 3 is 2.47 bits per heavy atom. The minimum absolute atomic E-state index is 0.0341. The first-order valence-electron chi connectivity index (χ1n) is 10.8. The van der Waals surface area contributed by atoms with Crippen LogP contribution in [0.1, 0.15) is 60.2 Å². The molecule has 0 radical (unpaired) electrons. The summed E-state index contributed by atoms with van der Waals surface area (Å²) in [6.45, 7) is 15.6. The zero-order valence-corrected chi connectivity index (χ0v) is 19.1. The Kier molecular flexibility index (Phi) is 6.37. The van der Waals surface area contributed by atoms with Gasteiger partial charge in [-0.05, 0) is 64.8 Å². The van der Waals surface area contributed by atoms with E-state index in [0.717, 1.165) is 23.1 Å². The average Bonchev–Trinajstić information content (AvgIpc) is 2.62. The number of piperazine rings is 1. The van der Waals surface area contributed by atoms with Gasteiger partial charge < -0.3 is 9.64 Å². The van der Waals surface area contributed by atoms with E-state index in [1.54, 1.807) is 6.07 Å². The normalized spacial score (nSPS) is 21.8. The molecule has 1 amide bonds. The molecule has 1 aliphatic heterocycles. The highest BCUT2D eigenvalue weighted by molar-refractivity contribution is 5.78. The summed E-state index contributed by atoms with van der Waals surface area (Å²) in [5.41, 5.74) is 1.27. The molecule has 0 bridgehead atoms. The molecule has 6 heteroatoms. The number of ether oxygens (including phenoxy) is 1. The molecule has 0 saturated carbocycles. The van der Waals surface area contributed by atoms with Crippen molar-refractivity contribution in [3.8, 4) is 0 Å². The summed E-state index contributed by atoms with van der Waals surface area (Å²) in [6.07, 6.45) is -0.256. The number of hydrogen-bond acceptors (Lipinski definition) is 4. The molecule has 1 aromatic carbocycles. The van der Waals surface area contributed by atoms with E-state index >= 15 is 0 Å². The van der Waals surface area contributed by atoms with Gasteiger partial charge in [0.1, 0.15) is 11.4 Å². The topological polar surface area (TPSA) is 45.7 Å². The van der Waals surface area contributed by atoms with E-state index in [9.17, 15) is 9.18 Å². The van der Waals surface area contributed by atoms with Crippen LogP contribution in [0.4, 0.5) is 9.18 Å². The number of pyridine rings is 1. The third kappa shape index (κ3) is 4.91. The molecule has 1 aromatic heterocycles. The molecule has 1 fully saturated rings. The summed E-state index contributed by atoms with van der Waals surface area (Å²) in [4.78, 5) is 21.8. The van der Waals surface area contributed by atoms with E-state index in [0.29, 0.717) is 12.5 Å². The second kappa shape index (κ2) is 8.50. The molecule has 0 aliphatic carbocycles. The molecule has 2 aromatic rings. The number of carbonyl (C=O) groups is 1. The van der Waals surface area contributed by atoms with Gasteiger partial charge in [0.15, 0.2) is 0 Å². The molecular weight excluding hydrogens is 381 g/mol. The van der Waals surface area contributed by atoms with Gasteiger partial charge in [0.2, 0.25) is 0 Å². The van der Waals surface area contributed by atoms with E-state index in [1.165, 1.54) is 12.1 Å². The molecule has 164 valence electrons. The molecule has 2 heterocycles. The third-order valence-corrected chi connectivity index (χ3v) is 5.63. The number of amides is 1. The monoisotopic (exact) mass is 415 g/mol. The quantitative estimate of drug-likeness (QED) is 0.673. The first kappa shape index (κ1) is 22.5. The van der Waals surface area contributed by atoms with Crippen LogP contribution in [0.2, 0.25) is 0 Å². The maximum absolute atomic E-state index is 13.5. The lowest BCUT2D eigenvalue weighted by molar-refractivity contribution is -0.0263. The van der Waals surface area contributed by atoms with Crippen LogP contribution in [0.5, 0.6) is 0 Å². The van der Waals surface area contributed by atoms with Crippen molar-refractivity contribution in [3.63, 3.8) is 0 Å². The number of nitrogens with zero attached hydrogens (tertiary/aromatic N) is 3. The summed E-state index contributed by atoms with van der Waals surface area (Å²) in [7, 11) is 0. The first-order chi connectivity index (χ1) is 14.0. The molecular formula is C24H34FN3O2. The van der Waals surface area contributed by atoms with Gasteiger partial charge in [-0.3, -0.25) is 9.88 Å². The Hall–Kier alpha value is -2.21. The van der Waals surface area contributed by atoms with Gasteiger partial charge in [-0.2, -0.15) is 0 Å². The Balaban J connectivity index is 1.85. The smallest absolute Gasteiger partial charge is 0.410 e. The van der Waals surface area contributed by atoms with E-state index in [1.807, 2.05) is 37.8 Å². The third-order valence-electron chi connectivity index (χ3n) is 5.63. The summed E-state index contributed by atoms with van der Waals surface area (Å²) in [5, 5.41) is 0.803. The molecule has 0 N–H and O–H groups in total. The maximum atomic E-state index is 13.5. The predicted octanol–water partition coefficient (Wildman–Crippen LogP) is 5.40. The van der Waals surface area contributed by atoms with Crippen LogP contribution in [-0.2, 0) is 4.74 Å². The number of fused-ring (bicyclic) bond motifs is 1. The highest BCUT2D eigenvalue weighted by Gasteiger charge is 2.39.